The molecule has 0 aromatic carbocycles. The molecule has 0 saturated carbocycles. The lowest BCUT2D eigenvalue weighted by atomic mass is 10.1. The van der Waals surface area contributed by atoms with Crippen molar-refractivity contribution in [1.29, 1.82) is 0 Å². The molecule has 1 aliphatic rings. The van der Waals surface area contributed by atoms with Crippen molar-refractivity contribution >= 4 is 18.0 Å². The number of nitrogens with zero attached hydrogens (tertiary/aromatic N) is 2. The Labute approximate surface area is 92.8 Å². The summed E-state index contributed by atoms with van der Waals surface area (Å²) >= 11 is 5.69. The molecule has 1 atom stereocenters. The third kappa shape index (κ3) is 2.46. The van der Waals surface area contributed by atoms with Gasteiger partial charge in [-0.15, -0.1) is 0 Å². The van der Waals surface area contributed by atoms with Gasteiger partial charge in [-0.25, -0.2) is 4.98 Å². The number of carbonyl (C=O) groups is 1. The minimum Gasteiger partial charge on any atom is -0.370 e. The van der Waals surface area contributed by atoms with E-state index in [2.05, 4.69) is 4.98 Å². The Bertz CT molecular complexity index is 342. The number of ether oxygens (including phenoxy) is 1. The first-order valence-electron chi connectivity index (χ1n) is 4.72. The van der Waals surface area contributed by atoms with Crippen LogP contribution in [0.15, 0.2) is 18.3 Å². The Morgan fingerprint density at radius 3 is 3.13 bits per heavy atom. The van der Waals surface area contributed by atoms with Gasteiger partial charge < -0.3 is 9.64 Å². The van der Waals surface area contributed by atoms with Crippen LogP contribution in [0.1, 0.15) is 11.7 Å². The van der Waals surface area contributed by atoms with Crippen molar-refractivity contribution in [2.45, 2.75) is 6.10 Å². The molecule has 2 heterocycles. The standard InChI is InChI=1S/C10H11ClN2O2/c11-10-2-1-8(5-12-10)9-6-13(7-14)3-4-15-9/h1-2,5,7,9H,3-4,6H2. The second kappa shape index (κ2) is 4.59. The minimum atomic E-state index is -0.0892. The first-order valence-corrected chi connectivity index (χ1v) is 5.10. The van der Waals surface area contributed by atoms with Crippen LogP contribution in [0, 0.1) is 0 Å². The molecule has 5 heteroatoms. The minimum absolute atomic E-state index is 0.0892. The molecule has 1 aromatic rings. The van der Waals surface area contributed by atoms with Crippen LogP contribution in [-0.4, -0.2) is 36.0 Å². The normalized spacial score (nSPS) is 21.4. The molecule has 0 bridgehead atoms. The van der Waals surface area contributed by atoms with E-state index in [-0.39, 0.29) is 6.10 Å². The fourth-order valence-corrected chi connectivity index (χ4v) is 1.66. The highest BCUT2D eigenvalue weighted by molar-refractivity contribution is 6.29. The van der Waals surface area contributed by atoms with Crippen molar-refractivity contribution in [3.63, 3.8) is 0 Å². The molecule has 0 spiro atoms. The third-order valence-electron chi connectivity index (χ3n) is 2.37. The van der Waals surface area contributed by atoms with Crippen LogP contribution in [0.4, 0.5) is 0 Å². The van der Waals surface area contributed by atoms with Gasteiger partial charge >= 0.3 is 0 Å². The fraction of sp³-hybridized carbons (Fsp3) is 0.400. The predicted octanol–water partition coefficient (Wildman–Crippen LogP) is 1.26. The Balaban J connectivity index is 2.09. The Hall–Kier alpha value is -1.13. The van der Waals surface area contributed by atoms with E-state index >= 15 is 0 Å². The van der Waals surface area contributed by atoms with Crippen LogP contribution >= 0.6 is 11.6 Å². The van der Waals surface area contributed by atoms with E-state index < -0.39 is 0 Å². The maximum atomic E-state index is 10.6. The summed E-state index contributed by atoms with van der Waals surface area (Å²) in [6.45, 7) is 1.79. The Kier molecular flexibility index (Phi) is 3.18. The van der Waals surface area contributed by atoms with E-state index in [1.807, 2.05) is 6.07 Å². The maximum absolute atomic E-state index is 10.6. The zero-order valence-electron chi connectivity index (χ0n) is 8.10. The van der Waals surface area contributed by atoms with Crippen LogP contribution in [0.2, 0.25) is 5.15 Å². The number of rotatable bonds is 2. The summed E-state index contributed by atoms with van der Waals surface area (Å²) in [5.41, 5.74) is 0.950. The number of hydrogen-bond donors (Lipinski definition) is 0. The summed E-state index contributed by atoms with van der Waals surface area (Å²) in [6, 6.07) is 3.59. The second-order valence-corrected chi connectivity index (χ2v) is 3.76. The lowest BCUT2D eigenvalue weighted by molar-refractivity contribution is -0.125. The molecule has 1 fully saturated rings. The van der Waals surface area contributed by atoms with Crippen LogP contribution in [-0.2, 0) is 9.53 Å². The van der Waals surface area contributed by atoms with Gasteiger partial charge in [0.05, 0.1) is 13.2 Å². The number of halogens is 1. The monoisotopic (exact) mass is 226 g/mol. The topological polar surface area (TPSA) is 42.4 Å². The summed E-state index contributed by atoms with van der Waals surface area (Å²) in [7, 11) is 0. The van der Waals surface area contributed by atoms with E-state index in [4.69, 9.17) is 16.3 Å². The van der Waals surface area contributed by atoms with Gasteiger partial charge in [-0.3, -0.25) is 4.79 Å². The van der Waals surface area contributed by atoms with Crippen LogP contribution < -0.4 is 0 Å². The number of pyridine rings is 1. The van der Waals surface area contributed by atoms with Gasteiger partial charge in [0, 0.05) is 18.3 Å². The Morgan fingerprint density at radius 2 is 2.47 bits per heavy atom. The smallest absolute Gasteiger partial charge is 0.209 e. The molecule has 1 amide bonds. The summed E-state index contributed by atoms with van der Waals surface area (Å²) < 4.78 is 5.55. The average Bonchev–Trinajstić information content (AvgIpc) is 2.30. The first-order chi connectivity index (χ1) is 7.29. The largest absolute Gasteiger partial charge is 0.370 e. The zero-order valence-corrected chi connectivity index (χ0v) is 8.85. The quantitative estimate of drug-likeness (QED) is 0.563. The van der Waals surface area contributed by atoms with Crippen molar-refractivity contribution < 1.29 is 9.53 Å². The highest BCUT2D eigenvalue weighted by Crippen LogP contribution is 2.21. The van der Waals surface area contributed by atoms with Gasteiger partial charge in [0.25, 0.3) is 0 Å². The van der Waals surface area contributed by atoms with Crippen LogP contribution in [0.5, 0.6) is 0 Å². The van der Waals surface area contributed by atoms with Gasteiger partial charge in [-0.05, 0) is 6.07 Å². The highest BCUT2D eigenvalue weighted by Gasteiger charge is 2.20. The summed E-state index contributed by atoms with van der Waals surface area (Å²) in [5.74, 6) is 0. The van der Waals surface area contributed by atoms with Crippen LogP contribution in [0.3, 0.4) is 0 Å². The molecule has 0 radical (unpaired) electrons. The van der Waals surface area contributed by atoms with Crippen molar-refractivity contribution in [2.24, 2.45) is 0 Å². The van der Waals surface area contributed by atoms with E-state index in [0.29, 0.717) is 24.8 Å². The average molecular weight is 227 g/mol. The molecule has 1 saturated heterocycles. The SMILES string of the molecule is O=CN1CCOC(c2ccc(Cl)nc2)C1. The molecule has 1 aromatic heterocycles. The van der Waals surface area contributed by atoms with Gasteiger partial charge in [0.1, 0.15) is 11.3 Å². The fourth-order valence-electron chi connectivity index (χ4n) is 1.54. The van der Waals surface area contributed by atoms with E-state index in [1.54, 1.807) is 17.2 Å². The molecule has 4 nitrogen and oxygen atoms in total. The number of amides is 1. The van der Waals surface area contributed by atoms with E-state index in [1.165, 1.54) is 0 Å². The van der Waals surface area contributed by atoms with Gasteiger partial charge in [0.2, 0.25) is 6.41 Å². The van der Waals surface area contributed by atoms with Crippen molar-refractivity contribution in [3.8, 4) is 0 Å². The molecule has 80 valence electrons. The molecule has 0 aliphatic carbocycles. The number of aromatic nitrogens is 1. The molecule has 1 aliphatic heterocycles. The summed E-state index contributed by atoms with van der Waals surface area (Å²) in [5, 5.41) is 0.460. The highest BCUT2D eigenvalue weighted by atomic mass is 35.5. The number of morpholine rings is 1. The number of hydrogen-bond acceptors (Lipinski definition) is 3. The maximum Gasteiger partial charge on any atom is 0.209 e. The summed E-state index contributed by atoms with van der Waals surface area (Å²) in [4.78, 5) is 16.3. The molecule has 15 heavy (non-hydrogen) atoms. The molecular formula is C10H11ClN2O2. The Morgan fingerprint density at radius 1 is 1.60 bits per heavy atom. The molecule has 2 rings (SSSR count). The van der Waals surface area contributed by atoms with Gasteiger partial charge in [-0.1, -0.05) is 17.7 Å². The molecule has 1 unspecified atom stereocenters. The van der Waals surface area contributed by atoms with Crippen LogP contribution in [0.25, 0.3) is 0 Å². The lowest BCUT2D eigenvalue weighted by Crippen LogP contribution is -2.37. The van der Waals surface area contributed by atoms with Gasteiger partial charge in [0.15, 0.2) is 0 Å². The number of carbonyl (C=O) groups excluding carboxylic acids is 1. The van der Waals surface area contributed by atoms with Crippen molar-refractivity contribution in [3.05, 3.63) is 29.0 Å². The molecular weight excluding hydrogens is 216 g/mol. The zero-order chi connectivity index (χ0) is 10.7. The summed E-state index contributed by atoms with van der Waals surface area (Å²) in [6.07, 6.45) is 2.44. The molecule has 0 N–H and O–H groups in total. The predicted molar refractivity (Wildman–Crippen MR) is 55.6 cm³/mol. The van der Waals surface area contributed by atoms with E-state index in [0.717, 1.165) is 12.0 Å². The lowest BCUT2D eigenvalue weighted by Gasteiger charge is -2.30. The van der Waals surface area contributed by atoms with E-state index in [9.17, 15) is 4.79 Å². The third-order valence-corrected chi connectivity index (χ3v) is 2.59. The van der Waals surface area contributed by atoms with Crippen molar-refractivity contribution in [2.75, 3.05) is 19.7 Å². The first kappa shape index (κ1) is 10.4. The van der Waals surface area contributed by atoms with Gasteiger partial charge in [-0.2, -0.15) is 0 Å². The van der Waals surface area contributed by atoms with Crippen molar-refractivity contribution in [1.82, 2.24) is 9.88 Å². The second-order valence-electron chi connectivity index (χ2n) is 3.37.